The Morgan fingerprint density at radius 2 is 1.54 bits per heavy atom. The molecule has 0 aliphatic carbocycles. The Balaban J connectivity index is 0.000000531. The van der Waals surface area contributed by atoms with Gasteiger partial charge in [-0.05, 0) is 61.5 Å². The number of aliphatic carboxylic acids is 2. The van der Waals surface area contributed by atoms with Crippen LogP contribution in [0.3, 0.4) is 0 Å². The van der Waals surface area contributed by atoms with Gasteiger partial charge in [0.25, 0.3) is 0 Å². The number of aromatic nitrogens is 3. The largest absolute Gasteiger partial charge is 0.491 e. The first-order valence-electron chi connectivity index (χ1n) is 17.0. The van der Waals surface area contributed by atoms with Crippen LogP contribution in [-0.2, 0) is 27.3 Å². The lowest BCUT2D eigenvalue weighted by molar-refractivity contribution is -0.193. The summed E-state index contributed by atoms with van der Waals surface area (Å²) in [6, 6.07) is 20.2. The number of rotatable bonds is 11. The molecule has 0 spiro atoms. The van der Waals surface area contributed by atoms with Crippen molar-refractivity contribution in [1.29, 1.82) is 0 Å². The molecule has 12 nitrogen and oxygen atoms in total. The molecule has 5 rings (SSSR count). The highest BCUT2D eigenvalue weighted by molar-refractivity contribution is 5.93. The van der Waals surface area contributed by atoms with Crippen molar-refractivity contribution in [1.82, 2.24) is 19.4 Å². The fourth-order valence-electron chi connectivity index (χ4n) is 5.07. The van der Waals surface area contributed by atoms with Crippen molar-refractivity contribution in [3.8, 4) is 17.0 Å². The molecule has 1 unspecified atom stereocenters. The minimum atomic E-state index is -5.08. The molecule has 0 saturated heterocycles. The molecule has 19 heteroatoms. The smallest absolute Gasteiger partial charge is 0.490 e. The van der Waals surface area contributed by atoms with Crippen LogP contribution in [0.2, 0.25) is 0 Å². The zero-order chi connectivity index (χ0) is 42.7. The van der Waals surface area contributed by atoms with E-state index in [4.69, 9.17) is 35.3 Å². The van der Waals surface area contributed by atoms with E-state index in [0.29, 0.717) is 42.5 Å². The van der Waals surface area contributed by atoms with Crippen molar-refractivity contribution in [2.45, 2.75) is 52.1 Å². The Morgan fingerprint density at radius 3 is 2.09 bits per heavy atom. The highest BCUT2D eigenvalue weighted by atomic mass is 19.4. The molecule has 57 heavy (non-hydrogen) atoms. The van der Waals surface area contributed by atoms with Crippen LogP contribution in [0.1, 0.15) is 43.8 Å². The zero-order valence-electron chi connectivity index (χ0n) is 31.0. The first-order valence-corrected chi connectivity index (χ1v) is 17.0. The van der Waals surface area contributed by atoms with Gasteiger partial charge in [0, 0.05) is 48.2 Å². The van der Waals surface area contributed by atoms with Crippen LogP contribution < -0.4 is 15.8 Å². The molecular formula is C38H39F7N6O6. The number of amides is 1. The standard InChI is InChI=1S/C34H37FN6O2.2C2HF3O2/c1-5-22-17-27(31(35)29(18-22)43-7-3)32(38-25-13-14-26-24(19-25)15-16-37-33(26)36)34-39-28(23-11-9-8-10-12-23)20-41(34)21-30(42)40(4)6-2;2*3-2(4,5)1(6)7/h8-20,32,38H,5-7,21H2,1-4H3,(H2,36,37);2*(H,6,7). The maximum absolute atomic E-state index is 16.3. The van der Waals surface area contributed by atoms with Gasteiger partial charge in [0.2, 0.25) is 5.91 Å². The summed E-state index contributed by atoms with van der Waals surface area (Å²) in [6.07, 6.45) is -5.96. The lowest BCUT2D eigenvalue weighted by Crippen LogP contribution is -2.31. The number of aryl methyl sites for hydroxylation is 1. The number of hydrogen-bond acceptors (Lipinski definition) is 8. The Kier molecular flexibility index (Phi) is 15.4. The van der Waals surface area contributed by atoms with E-state index in [-0.39, 0.29) is 18.2 Å². The quantitative estimate of drug-likeness (QED) is 0.0968. The van der Waals surface area contributed by atoms with Crippen LogP contribution in [0.15, 0.2) is 79.1 Å². The molecule has 0 radical (unpaired) electrons. The number of anilines is 2. The summed E-state index contributed by atoms with van der Waals surface area (Å²) >= 11 is 0. The van der Waals surface area contributed by atoms with E-state index in [1.807, 2.05) is 92.2 Å². The summed E-state index contributed by atoms with van der Waals surface area (Å²) in [4.78, 5) is 41.9. The number of nitrogens with two attached hydrogens (primary N) is 1. The lowest BCUT2D eigenvalue weighted by Gasteiger charge is -2.24. The predicted octanol–water partition coefficient (Wildman–Crippen LogP) is 7.73. The van der Waals surface area contributed by atoms with E-state index in [1.54, 1.807) is 24.2 Å². The number of carboxylic acids is 2. The number of likely N-dealkylation sites (N-methyl/N-ethyl adjacent to an activating group) is 1. The average molecular weight is 809 g/mol. The van der Waals surface area contributed by atoms with Gasteiger partial charge in [0.15, 0.2) is 11.6 Å². The second-order valence-electron chi connectivity index (χ2n) is 12.0. The third kappa shape index (κ3) is 12.3. The molecule has 5 aromatic rings. The first kappa shape index (κ1) is 45.0. The van der Waals surface area contributed by atoms with E-state index in [0.717, 1.165) is 27.6 Å². The normalized spacial score (nSPS) is 11.7. The third-order valence-electron chi connectivity index (χ3n) is 8.08. The van der Waals surface area contributed by atoms with Gasteiger partial charge in [-0.2, -0.15) is 26.3 Å². The van der Waals surface area contributed by atoms with E-state index >= 15 is 4.39 Å². The molecule has 306 valence electrons. The number of carbonyl (C=O) groups excluding carboxylic acids is 1. The van der Waals surface area contributed by atoms with E-state index in [1.165, 1.54) is 0 Å². The zero-order valence-corrected chi connectivity index (χ0v) is 31.0. The van der Waals surface area contributed by atoms with Crippen LogP contribution in [0.4, 0.5) is 42.2 Å². The van der Waals surface area contributed by atoms with Crippen molar-refractivity contribution in [3.05, 3.63) is 102 Å². The number of ether oxygens (including phenoxy) is 1. The molecule has 0 saturated carbocycles. The fourth-order valence-corrected chi connectivity index (χ4v) is 5.07. The highest BCUT2D eigenvalue weighted by Crippen LogP contribution is 2.36. The number of halogens is 7. The second-order valence-corrected chi connectivity index (χ2v) is 12.0. The number of fused-ring (bicyclic) bond motifs is 1. The van der Waals surface area contributed by atoms with Gasteiger partial charge >= 0.3 is 24.3 Å². The van der Waals surface area contributed by atoms with Crippen LogP contribution in [-0.4, -0.2) is 80.0 Å². The topological polar surface area (TPSA) is 173 Å². The number of imidazole rings is 1. The summed E-state index contributed by atoms with van der Waals surface area (Å²) in [5.41, 5.74) is 9.71. The Bertz CT molecular complexity index is 2140. The van der Waals surface area contributed by atoms with Crippen molar-refractivity contribution in [3.63, 3.8) is 0 Å². The number of nitrogens with one attached hydrogen (secondary N) is 1. The van der Waals surface area contributed by atoms with Gasteiger partial charge in [-0.15, -0.1) is 0 Å². The number of alkyl halides is 6. The number of hydrogen-bond donors (Lipinski definition) is 4. The van der Waals surface area contributed by atoms with Crippen LogP contribution in [0.5, 0.6) is 5.75 Å². The van der Waals surface area contributed by atoms with Gasteiger partial charge in [0.1, 0.15) is 24.2 Å². The molecule has 0 aliphatic rings. The maximum Gasteiger partial charge on any atom is 0.490 e. The van der Waals surface area contributed by atoms with Gasteiger partial charge < -0.3 is 35.5 Å². The summed E-state index contributed by atoms with van der Waals surface area (Å²) in [5.74, 6) is -4.94. The second kappa shape index (κ2) is 19.5. The molecule has 3 aromatic carbocycles. The minimum absolute atomic E-state index is 0.0466. The summed E-state index contributed by atoms with van der Waals surface area (Å²) in [6.45, 7) is 6.71. The van der Waals surface area contributed by atoms with Crippen molar-refractivity contribution in [2.24, 2.45) is 0 Å². The Hall–Kier alpha value is -6.40. The van der Waals surface area contributed by atoms with Crippen LogP contribution in [0, 0.1) is 5.82 Å². The number of nitrogen functional groups attached to an aromatic ring is 1. The van der Waals surface area contributed by atoms with Gasteiger partial charge in [-0.3, -0.25) is 4.79 Å². The summed E-state index contributed by atoms with van der Waals surface area (Å²) in [5, 5.41) is 19.5. The molecule has 0 fully saturated rings. The van der Waals surface area contributed by atoms with E-state index in [9.17, 15) is 31.1 Å². The Morgan fingerprint density at radius 1 is 0.930 bits per heavy atom. The summed E-state index contributed by atoms with van der Waals surface area (Å²) in [7, 11) is 1.77. The van der Waals surface area contributed by atoms with Gasteiger partial charge in [-0.1, -0.05) is 43.3 Å². The average Bonchev–Trinajstić information content (AvgIpc) is 3.57. The molecule has 0 bridgehead atoms. The van der Waals surface area contributed by atoms with E-state index < -0.39 is 36.2 Å². The predicted molar refractivity (Wildman–Crippen MR) is 197 cm³/mol. The maximum atomic E-state index is 16.3. The molecule has 1 amide bonds. The van der Waals surface area contributed by atoms with Gasteiger partial charge in [0.05, 0.1) is 12.3 Å². The van der Waals surface area contributed by atoms with Gasteiger partial charge in [-0.25, -0.2) is 23.9 Å². The highest BCUT2D eigenvalue weighted by Gasteiger charge is 2.39. The van der Waals surface area contributed by atoms with E-state index in [2.05, 4.69) is 10.3 Å². The SMILES string of the molecule is CCOc1cc(CC)cc(C(Nc2ccc3c(N)nccc3c2)c2nc(-c3ccccc3)cn2CC(=O)N(C)CC)c1F.O=C(O)C(F)(F)F.O=C(O)C(F)(F)F. The number of carboxylic acid groups (broad SMARTS) is 2. The molecular weight excluding hydrogens is 769 g/mol. The first-order chi connectivity index (χ1) is 26.7. The summed E-state index contributed by atoms with van der Waals surface area (Å²) < 4.78 is 87.3. The number of benzene rings is 3. The molecule has 0 aliphatic heterocycles. The number of nitrogens with zero attached hydrogens (tertiary/aromatic N) is 4. The fraction of sp³-hybridized carbons (Fsp3) is 0.289. The molecule has 2 heterocycles. The molecule has 1 atom stereocenters. The number of pyridine rings is 1. The Labute approximate surface area is 321 Å². The van der Waals surface area contributed by atoms with Crippen molar-refractivity contribution >= 4 is 40.1 Å². The lowest BCUT2D eigenvalue weighted by atomic mass is 9.99. The van der Waals surface area contributed by atoms with Crippen LogP contribution >= 0.6 is 0 Å². The molecule has 2 aromatic heterocycles. The molecule has 5 N–H and O–H groups in total. The third-order valence-corrected chi connectivity index (χ3v) is 8.08. The number of carbonyl (C=O) groups is 3. The van der Waals surface area contributed by atoms with Crippen molar-refractivity contribution < 1.29 is 60.1 Å². The van der Waals surface area contributed by atoms with Crippen molar-refractivity contribution in [2.75, 3.05) is 31.2 Å². The minimum Gasteiger partial charge on any atom is -0.491 e. The van der Waals surface area contributed by atoms with Crippen LogP contribution in [0.25, 0.3) is 22.0 Å². The monoisotopic (exact) mass is 808 g/mol.